The molecule has 2 aromatic heterocycles. The summed E-state index contributed by atoms with van der Waals surface area (Å²) in [6, 6.07) is -0.428. The summed E-state index contributed by atoms with van der Waals surface area (Å²) in [6.07, 6.45) is -1.56. The Morgan fingerprint density at radius 1 is 1.30 bits per heavy atom. The van der Waals surface area contributed by atoms with Crippen LogP contribution >= 0.6 is 7.82 Å². The molecule has 0 bridgehead atoms. The molecule has 7 N–H and O–H groups in total. The number of rotatable bonds is 9. The lowest BCUT2D eigenvalue weighted by Crippen LogP contribution is -2.34. The fraction of sp³-hybridized carbons (Fsp3) is 0.688. The van der Waals surface area contributed by atoms with Crippen LogP contribution in [0.4, 0.5) is 5.82 Å². The van der Waals surface area contributed by atoms with E-state index in [2.05, 4.69) is 15.0 Å². The number of phosphoric acid groups is 1. The summed E-state index contributed by atoms with van der Waals surface area (Å²) in [4.78, 5) is 21.9. The van der Waals surface area contributed by atoms with E-state index >= 15 is 0 Å². The number of nitrogen functional groups attached to an aromatic ring is 1. The molecule has 3 heterocycles. The molecule has 1 aliphatic rings. The lowest BCUT2D eigenvalue weighted by molar-refractivity contribution is -0.0516. The molecular formula is C16H27N6O7P. The van der Waals surface area contributed by atoms with Crippen molar-refractivity contribution in [2.24, 2.45) is 11.7 Å². The second kappa shape index (κ2) is 9.20. The number of hydrogen-bond donors (Lipinski definition) is 5. The third-order valence-electron chi connectivity index (χ3n) is 5.21. The van der Waals surface area contributed by atoms with Crippen LogP contribution in [0.1, 0.15) is 26.5 Å². The molecule has 1 saturated heterocycles. The van der Waals surface area contributed by atoms with Gasteiger partial charge in [-0.3, -0.25) is 13.6 Å². The Balaban J connectivity index is 1.63. The number of fused-ring (bicyclic) bond motifs is 1. The number of anilines is 1. The predicted molar refractivity (Wildman–Crippen MR) is 105 cm³/mol. The third kappa shape index (κ3) is 4.79. The largest absolute Gasteiger partial charge is 0.472 e. The summed E-state index contributed by atoms with van der Waals surface area (Å²) < 4.78 is 29.0. The summed E-state index contributed by atoms with van der Waals surface area (Å²) in [5.74, 6) is 0.254. The van der Waals surface area contributed by atoms with Crippen LogP contribution in [-0.4, -0.2) is 72.2 Å². The highest BCUT2D eigenvalue weighted by molar-refractivity contribution is 7.47. The molecular weight excluding hydrogens is 419 g/mol. The quantitative estimate of drug-likeness (QED) is 0.311. The Morgan fingerprint density at radius 3 is 2.73 bits per heavy atom. The van der Waals surface area contributed by atoms with Crippen LogP contribution in [0, 0.1) is 5.92 Å². The topological polar surface area (TPSA) is 201 Å². The fourth-order valence-corrected chi connectivity index (χ4v) is 3.78. The highest BCUT2D eigenvalue weighted by Gasteiger charge is 2.45. The molecule has 7 atom stereocenters. The van der Waals surface area contributed by atoms with Crippen LogP contribution in [0.5, 0.6) is 0 Å². The monoisotopic (exact) mass is 446 g/mol. The van der Waals surface area contributed by atoms with E-state index in [9.17, 15) is 19.7 Å². The van der Waals surface area contributed by atoms with Gasteiger partial charge in [-0.1, -0.05) is 20.3 Å². The summed E-state index contributed by atoms with van der Waals surface area (Å²) >= 11 is 0. The van der Waals surface area contributed by atoms with Crippen molar-refractivity contribution in [2.75, 3.05) is 18.9 Å². The van der Waals surface area contributed by atoms with Gasteiger partial charge in [0.2, 0.25) is 0 Å². The average molecular weight is 446 g/mol. The van der Waals surface area contributed by atoms with E-state index in [1.54, 1.807) is 0 Å². The van der Waals surface area contributed by atoms with Gasteiger partial charge in [0.25, 0.3) is 0 Å². The van der Waals surface area contributed by atoms with E-state index in [1.165, 1.54) is 17.2 Å². The summed E-state index contributed by atoms with van der Waals surface area (Å²) in [7, 11) is -4.43. The number of nitrogens with two attached hydrogens (primary N) is 2. The SMILES string of the molecule is CC[C@H](C)[C@H](N)COP(=O)(O)OC[C@H]1O[C@@H](n2cnc3c(N)ncnc32)[C@H](O)[C@@H]1O. The molecule has 0 amide bonds. The van der Waals surface area contributed by atoms with Crippen molar-refractivity contribution in [2.45, 2.75) is 50.8 Å². The number of imidazole rings is 1. The van der Waals surface area contributed by atoms with Crippen LogP contribution in [0.3, 0.4) is 0 Å². The number of aliphatic hydroxyl groups excluding tert-OH is 2. The molecule has 1 unspecified atom stereocenters. The predicted octanol–water partition coefficient (Wildman–Crippen LogP) is -0.465. The lowest BCUT2D eigenvalue weighted by Gasteiger charge is -2.21. The van der Waals surface area contributed by atoms with E-state index in [4.69, 9.17) is 25.3 Å². The Bertz CT molecular complexity index is 913. The van der Waals surface area contributed by atoms with Gasteiger partial charge in [0.05, 0.1) is 19.5 Å². The van der Waals surface area contributed by atoms with Crippen molar-refractivity contribution in [3.05, 3.63) is 12.7 Å². The molecule has 0 aromatic carbocycles. The number of nitrogens with zero attached hydrogens (tertiary/aromatic N) is 4. The van der Waals surface area contributed by atoms with Crippen LogP contribution < -0.4 is 11.5 Å². The van der Waals surface area contributed by atoms with E-state index < -0.39 is 45.0 Å². The Morgan fingerprint density at radius 2 is 2.03 bits per heavy atom. The van der Waals surface area contributed by atoms with Crippen molar-refractivity contribution in [3.63, 3.8) is 0 Å². The minimum atomic E-state index is -4.43. The number of aromatic nitrogens is 4. The molecule has 0 spiro atoms. The summed E-state index contributed by atoms with van der Waals surface area (Å²) in [5.41, 5.74) is 12.2. The molecule has 14 heteroatoms. The first-order valence-electron chi connectivity index (χ1n) is 9.46. The fourth-order valence-electron chi connectivity index (χ4n) is 3.01. The van der Waals surface area contributed by atoms with Crippen molar-refractivity contribution in [3.8, 4) is 0 Å². The van der Waals surface area contributed by atoms with Crippen LogP contribution in [0.15, 0.2) is 12.7 Å². The Labute approximate surface area is 172 Å². The first-order chi connectivity index (χ1) is 14.1. The van der Waals surface area contributed by atoms with E-state index in [0.717, 1.165) is 6.42 Å². The molecule has 3 rings (SSSR count). The maximum Gasteiger partial charge on any atom is 0.472 e. The molecule has 0 aliphatic carbocycles. The minimum Gasteiger partial charge on any atom is -0.387 e. The van der Waals surface area contributed by atoms with E-state index in [0.29, 0.717) is 11.2 Å². The molecule has 1 aliphatic heterocycles. The van der Waals surface area contributed by atoms with Crippen LogP contribution in [0.2, 0.25) is 0 Å². The molecule has 0 saturated carbocycles. The molecule has 0 radical (unpaired) electrons. The van der Waals surface area contributed by atoms with Gasteiger partial charge < -0.3 is 31.3 Å². The normalized spacial score (nSPS) is 28.5. The second-order valence-electron chi connectivity index (χ2n) is 7.24. The Hall–Kier alpha value is -1.70. The molecule has 30 heavy (non-hydrogen) atoms. The van der Waals surface area contributed by atoms with Crippen molar-refractivity contribution in [1.29, 1.82) is 0 Å². The van der Waals surface area contributed by atoms with Crippen molar-refractivity contribution < 1.29 is 33.5 Å². The molecule has 2 aromatic rings. The lowest BCUT2D eigenvalue weighted by atomic mass is 10.0. The van der Waals surface area contributed by atoms with Crippen molar-refractivity contribution in [1.82, 2.24) is 19.5 Å². The maximum atomic E-state index is 12.1. The zero-order valence-electron chi connectivity index (χ0n) is 16.6. The summed E-state index contributed by atoms with van der Waals surface area (Å²) in [6.45, 7) is 3.19. The van der Waals surface area contributed by atoms with Gasteiger partial charge in [0.1, 0.15) is 30.2 Å². The zero-order valence-corrected chi connectivity index (χ0v) is 17.5. The number of hydrogen-bond acceptors (Lipinski definition) is 11. The van der Waals surface area contributed by atoms with Crippen LogP contribution in [-0.2, 0) is 18.3 Å². The van der Waals surface area contributed by atoms with Crippen molar-refractivity contribution >= 4 is 24.8 Å². The molecule has 13 nitrogen and oxygen atoms in total. The van der Waals surface area contributed by atoms with Gasteiger partial charge in [-0.25, -0.2) is 19.5 Å². The van der Waals surface area contributed by atoms with Gasteiger partial charge in [-0.05, 0) is 5.92 Å². The Kier molecular flexibility index (Phi) is 7.05. The standard InChI is InChI=1S/C16H27N6O7P/c1-3-8(2)9(17)4-27-30(25,26)28-5-10-12(23)13(24)16(29-10)22-7-21-11-14(18)19-6-20-15(11)22/h6-10,12-13,16,23-24H,3-5,17H2,1-2H3,(H,25,26)(H2,18,19,20)/t8-,9+,10+,12+,13+,16+/m0/s1. The highest BCUT2D eigenvalue weighted by Crippen LogP contribution is 2.44. The average Bonchev–Trinajstić information content (AvgIpc) is 3.27. The molecule has 168 valence electrons. The highest BCUT2D eigenvalue weighted by atomic mass is 31.2. The first kappa shape index (κ1) is 23.0. The summed E-state index contributed by atoms with van der Waals surface area (Å²) in [5, 5.41) is 20.7. The van der Waals surface area contributed by atoms with E-state index in [-0.39, 0.29) is 18.3 Å². The van der Waals surface area contributed by atoms with Crippen LogP contribution in [0.25, 0.3) is 11.2 Å². The third-order valence-corrected chi connectivity index (χ3v) is 6.16. The van der Waals surface area contributed by atoms with Gasteiger partial charge in [-0.2, -0.15) is 0 Å². The number of aliphatic hydroxyl groups is 2. The molecule has 1 fully saturated rings. The van der Waals surface area contributed by atoms with Gasteiger partial charge in [-0.15, -0.1) is 0 Å². The van der Waals surface area contributed by atoms with Gasteiger partial charge in [0.15, 0.2) is 17.7 Å². The van der Waals surface area contributed by atoms with E-state index in [1.807, 2.05) is 13.8 Å². The number of phosphoric ester groups is 1. The first-order valence-corrected chi connectivity index (χ1v) is 11.0. The number of ether oxygens (including phenoxy) is 1. The zero-order chi connectivity index (χ0) is 22.1. The second-order valence-corrected chi connectivity index (χ2v) is 8.69. The maximum absolute atomic E-state index is 12.1. The van der Waals surface area contributed by atoms with Gasteiger partial charge in [0, 0.05) is 6.04 Å². The minimum absolute atomic E-state index is 0.101. The smallest absolute Gasteiger partial charge is 0.387 e. The van der Waals surface area contributed by atoms with Gasteiger partial charge >= 0.3 is 7.82 Å².